The van der Waals surface area contributed by atoms with Gasteiger partial charge in [-0.05, 0) is 44.4 Å². The van der Waals surface area contributed by atoms with E-state index in [1.165, 1.54) is 0 Å². The van der Waals surface area contributed by atoms with Crippen LogP contribution in [0.1, 0.15) is 24.0 Å². The molecule has 0 atom stereocenters. The van der Waals surface area contributed by atoms with Gasteiger partial charge in [-0.3, -0.25) is 9.78 Å². The normalized spacial score (nSPS) is 15.7. The van der Waals surface area contributed by atoms with E-state index >= 15 is 0 Å². The summed E-state index contributed by atoms with van der Waals surface area (Å²) in [7, 11) is 0. The zero-order valence-electron chi connectivity index (χ0n) is 17.0. The maximum Gasteiger partial charge on any atom is 0.251 e. The van der Waals surface area contributed by atoms with Crippen LogP contribution < -0.4 is 16.6 Å². The Bertz CT molecular complexity index is 1070. The van der Waals surface area contributed by atoms with Crippen molar-refractivity contribution in [3.8, 4) is 11.1 Å². The Labute approximate surface area is 170 Å². The maximum atomic E-state index is 12.4. The molecule has 152 valence electrons. The van der Waals surface area contributed by atoms with Crippen LogP contribution in [0, 0.1) is 13.8 Å². The number of aromatic amines is 1. The number of fused-ring (bicyclic) bond motifs is 1. The fourth-order valence-electron chi connectivity index (χ4n) is 4.01. The third kappa shape index (κ3) is 4.16. The van der Waals surface area contributed by atoms with E-state index in [0.29, 0.717) is 18.2 Å². The lowest BCUT2D eigenvalue weighted by Gasteiger charge is -2.32. The number of nitrogens with one attached hydrogen (secondary N) is 2. The molecule has 0 unspecified atom stereocenters. The molecule has 0 aliphatic carbocycles. The summed E-state index contributed by atoms with van der Waals surface area (Å²) < 4.78 is 0. The molecule has 0 aromatic carbocycles. The summed E-state index contributed by atoms with van der Waals surface area (Å²) >= 11 is 0. The molecule has 3 aromatic heterocycles. The van der Waals surface area contributed by atoms with Gasteiger partial charge in [-0.2, -0.15) is 0 Å². The van der Waals surface area contributed by atoms with Crippen molar-refractivity contribution in [1.29, 1.82) is 0 Å². The van der Waals surface area contributed by atoms with Crippen molar-refractivity contribution in [2.45, 2.75) is 32.7 Å². The van der Waals surface area contributed by atoms with Crippen molar-refractivity contribution in [3.63, 3.8) is 0 Å². The van der Waals surface area contributed by atoms with Gasteiger partial charge in [0.2, 0.25) is 0 Å². The highest BCUT2D eigenvalue weighted by atomic mass is 16.1. The second-order valence-corrected chi connectivity index (χ2v) is 7.89. The molecule has 4 N–H and O–H groups in total. The zero-order chi connectivity index (χ0) is 20.4. The standard InChI is InChI=1S/C22H28N6O/c1-14-9-16(12-24-11-14)19-13-25-21(20-18(19)10-15(2)22(29)27-20)26-17-3-6-28(7-4-17)8-5-23/h9-13,17H,3-8,23H2,1-2H3,(H,25,26)(H,27,29). The average molecular weight is 393 g/mol. The number of rotatable bonds is 5. The third-order valence-electron chi connectivity index (χ3n) is 5.64. The molecular formula is C22H28N6O. The van der Waals surface area contributed by atoms with Gasteiger partial charge in [-0.1, -0.05) is 0 Å². The molecule has 7 heteroatoms. The van der Waals surface area contributed by atoms with Gasteiger partial charge in [-0.25, -0.2) is 4.98 Å². The van der Waals surface area contributed by atoms with Crippen molar-refractivity contribution in [2.75, 3.05) is 31.5 Å². The van der Waals surface area contributed by atoms with E-state index in [0.717, 1.165) is 65.9 Å². The van der Waals surface area contributed by atoms with Gasteiger partial charge in [-0.15, -0.1) is 0 Å². The summed E-state index contributed by atoms with van der Waals surface area (Å²) in [5, 5.41) is 4.55. The van der Waals surface area contributed by atoms with Crippen molar-refractivity contribution < 1.29 is 0 Å². The monoisotopic (exact) mass is 392 g/mol. The van der Waals surface area contributed by atoms with Crippen molar-refractivity contribution in [1.82, 2.24) is 19.9 Å². The van der Waals surface area contributed by atoms with Gasteiger partial charge in [0.15, 0.2) is 5.82 Å². The van der Waals surface area contributed by atoms with Gasteiger partial charge in [0.1, 0.15) is 0 Å². The minimum Gasteiger partial charge on any atom is -0.366 e. The molecule has 1 fully saturated rings. The van der Waals surface area contributed by atoms with Gasteiger partial charge in [0, 0.05) is 72.9 Å². The molecule has 0 bridgehead atoms. The molecule has 4 heterocycles. The van der Waals surface area contributed by atoms with Crippen molar-refractivity contribution >= 4 is 16.7 Å². The lowest BCUT2D eigenvalue weighted by molar-refractivity contribution is 0.224. The number of aromatic nitrogens is 3. The Morgan fingerprint density at radius 3 is 2.72 bits per heavy atom. The van der Waals surface area contributed by atoms with E-state index in [1.807, 2.05) is 38.5 Å². The summed E-state index contributed by atoms with van der Waals surface area (Å²) in [5.41, 5.74) is 10.1. The molecule has 0 radical (unpaired) electrons. The summed E-state index contributed by atoms with van der Waals surface area (Å²) in [4.78, 5) is 26.8. The predicted octanol–water partition coefficient (Wildman–Crippen LogP) is 2.44. The first-order valence-electron chi connectivity index (χ1n) is 10.2. The number of anilines is 1. The van der Waals surface area contributed by atoms with E-state index in [9.17, 15) is 4.79 Å². The van der Waals surface area contributed by atoms with Crippen LogP contribution >= 0.6 is 0 Å². The lowest BCUT2D eigenvalue weighted by Crippen LogP contribution is -2.41. The number of hydrogen-bond donors (Lipinski definition) is 3. The summed E-state index contributed by atoms with van der Waals surface area (Å²) in [6.45, 7) is 7.54. The molecule has 1 aliphatic heterocycles. The molecule has 1 aliphatic rings. The number of hydrogen-bond acceptors (Lipinski definition) is 6. The van der Waals surface area contributed by atoms with Crippen LogP contribution in [0.5, 0.6) is 0 Å². The Balaban J connectivity index is 1.70. The zero-order valence-corrected chi connectivity index (χ0v) is 17.0. The van der Waals surface area contributed by atoms with E-state index < -0.39 is 0 Å². The molecule has 3 aromatic rings. The van der Waals surface area contributed by atoms with Crippen LogP contribution in [-0.4, -0.2) is 52.1 Å². The van der Waals surface area contributed by atoms with Gasteiger partial charge in [0.05, 0.1) is 5.52 Å². The van der Waals surface area contributed by atoms with Gasteiger partial charge in [0.25, 0.3) is 5.56 Å². The van der Waals surface area contributed by atoms with Crippen LogP contribution in [0.15, 0.2) is 35.5 Å². The highest BCUT2D eigenvalue weighted by Gasteiger charge is 2.20. The number of piperidine rings is 1. The minimum atomic E-state index is -0.0837. The van der Waals surface area contributed by atoms with Crippen LogP contribution in [0.25, 0.3) is 22.0 Å². The van der Waals surface area contributed by atoms with E-state index in [1.54, 1.807) is 0 Å². The molecule has 7 nitrogen and oxygen atoms in total. The Morgan fingerprint density at radius 1 is 1.21 bits per heavy atom. The average Bonchev–Trinajstić information content (AvgIpc) is 2.71. The molecular weight excluding hydrogens is 364 g/mol. The van der Waals surface area contributed by atoms with Crippen molar-refractivity contribution in [3.05, 3.63) is 52.2 Å². The molecule has 29 heavy (non-hydrogen) atoms. The second kappa shape index (κ2) is 8.31. The van der Waals surface area contributed by atoms with Crippen LogP contribution in [0.3, 0.4) is 0 Å². The number of pyridine rings is 3. The number of nitrogens with two attached hydrogens (primary N) is 1. The Hall–Kier alpha value is -2.77. The van der Waals surface area contributed by atoms with Crippen LogP contribution in [-0.2, 0) is 0 Å². The molecule has 1 saturated heterocycles. The predicted molar refractivity (Wildman–Crippen MR) is 117 cm³/mol. The van der Waals surface area contributed by atoms with E-state index in [2.05, 4.69) is 26.3 Å². The van der Waals surface area contributed by atoms with Gasteiger partial charge < -0.3 is 20.9 Å². The highest BCUT2D eigenvalue weighted by molar-refractivity contribution is 5.99. The quantitative estimate of drug-likeness (QED) is 0.617. The van der Waals surface area contributed by atoms with Crippen molar-refractivity contribution in [2.24, 2.45) is 5.73 Å². The van der Waals surface area contributed by atoms with E-state index in [4.69, 9.17) is 10.7 Å². The Kier molecular flexibility index (Phi) is 5.60. The largest absolute Gasteiger partial charge is 0.366 e. The summed E-state index contributed by atoms with van der Waals surface area (Å²) in [6.07, 6.45) is 7.61. The van der Waals surface area contributed by atoms with Gasteiger partial charge >= 0.3 is 0 Å². The fraction of sp³-hybridized carbons (Fsp3) is 0.409. The second-order valence-electron chi connectivity index (χ2n) is 7.89. The molecule has 0 spiro atoms. The molecule has 4 rings (SSSR count). The number of aryl methyl sites for hydroxylation is 2. The lowest BCUT2D eigenvalue weighted by atomic mass is 10.0. The van der Waals surface area contributed by atoms with E-state index in [-0.39, 0.29) is 5.56 Å². The highest BCUT2D eigenvalue weighted by Crippen LogP contribution is 2.31. The summed E-state index contributed by atoms with van der Waals surface area (Å²) in [5.74, 6) is 0.735. The smallest absolute Gasteiger partial charge is 0.251 e. The first kappa shape index (κ1) is 19.5. The third-order valence-corrected chi connectivity index (χ3v) is 5.64. The number of likely N-dealkylation sites (tertiary alicyclic amines) is 1. The number of H-pyrrole nitrogens is 1. The van der Waals surface area contributed by atoms with Crippen LogP contribution in [0.2, 0.25) is 0 Å². The first-order valence-corrected chi connectivity index (χ1v) is 10.2. The Morgan fingerprint density at radius 2 is 2.00 bits per heavy atom. The number of nitrogens with zero attached hydrogens (tertiary/aromatic N) is 3. The maximum absolute atomic E-state index is 12.4. The first-order chi connectivity index (χ1) is 14.0. The van der Waals surface area contributed by atoms with Crippen LogP contribution in [0.4, 0.5) is 5.82 Å². The molecule has 0 amide bonds. The molecule has 0 saturated carbocycles. The fourth-order valence-corrected chi connectivity index (χ4v) is 4.01. The summed E-state index contributed by atoms with van der Waals surface area (Å²) in [6, 6.07) is 4.36. The topological polar surface area (TPSA) is 99.9 Å². The minimum absolute atomic E-state index is 0.0837. The SMILES string of the molecule is Cc1cncc(-c2cnc(NC3CCN(CCN)CC3)c3[nH]c(=O)c(C)cc23)c1.